The lowest BCUT2D eigenvalue weighted by atomic mass is 9.99. The van der Waals surface area contributed by atoms with E-state index in [9.17, 15) is 0 Å². The van der Waals surface area contributed by atoms with Gasteiger partial charge in [-0.15, -0.1) is 0 Å². The van der Waals surface area contributed by atoms with Crippen LogP contribution in [0.25, 0.3) is 66.8 Å². The van der Waals surface area contributed by atoms with Crippen LogP contribution in [0.3, 0.4) is 0 Å². The van der Waals surface area contributed by atoms with Gasteiger partial charge >= 0.3 is 0 Å². The molecule has 40 heavy (non-hydrogen) atoms. The molecule has 0 aliphatic heterocycles. The number of aromatic nitrogens is 3. The molecule has 0 aliphatic carbocycles. The number of hydrogen-bond donors (Lipinski definition) is 0. The van der Waals surface area contributed by atoms with Gasteiger partial charge in [0, 0.05) is 33.8 Å². The second kappa shape index (κ2) is 9.11. The van der Waals surface area contributed by atoms with Crippen molar-refractivity contribution in [1.82, 2.24) is 14.0 Å². The molecule has 3 heteroatoms. The first-order valence-corrected chi connectivity index (χ1v) is 13.6. The van der Waals surface area contributed by atoms with Gasteiger partial charge in [-0.2, -0.15) is 0 Å². The molecule has 0 N–H and O–H groups in total. The first-order valence-electron chi connectivity index (χ1n) is 13.6. The Morgan fingerprint density at radius 1 is 0.450 bits per heavy atom. The SMILES string of the molecule is c1ccc(-c2c(-c3cccc(-c4ccc(-n5c6ccccc6c6ccccc65)cc4)c3)nc3ccccn23)cc1. The first-order chi connectivity index (χ1) is 19.8. The van der Waals surface area contributed by atoms with Gasteiger partial charge in [-0.1, -0.05) is 103 Å². The molecule has 0 radical (unpaired) electrons. The number of rotatable bonds is 4. The standard InChI is InChI=1S/C37H25N3/c1-2-11-27(12-3-1)37-36(38-35-19-8-9-24-39(35)37)29-14-10-13-28(25-29)26-20-22-30(23-21-26)40-33-17-6-4-15-31(33)32-16-5-7-18-34(32)40/h1-25H. The molecule has 0 amide bonds. The summed E-state index contributed by atoms with van der Waals surface area (Å²) in [6.45, 7) is 0. The largest absolute Gasteiger partial charge is 0.309 e. The fourth-order valence-corrected chi connectivity index (χ4v) is 5.92. The number of pyridine rings is 1. The Morgan fingerprint density at radius 2 is 1.07 bits per heavy atom. The Hall–Kier alpha value is -5.41. The Bertz CT molecular complexity index is 2100. The maximum absolute atomic E-state index is 5.06. The number of para-hydroxylation sites is 2. The summed E-state index contributed by atoms with van der Waals surface area (Å²) >= 11 is 0. The van der Waals surface area contributed by atoms with E-state index in [-0.39, 0.29) is 0 Å². The first kappa shape index (κ1) is 22.6. The summed E-state index contributed by atoms with van der Waals surface area (Å²) in [6, 6.07) is 51.5. The quantitative estimate of drug-likeness (QED) is 0.231. The van der Waals surface area contributed by atoms with E-state index in [2.05, 4.69) is 155 Å². The molecule has 0 saturated carbocycles. The highest BCUT2D eigenvalue weighted by atomic mass is 15.0. The van der Waals surface area contributed by atoms with Gasteiger partial charge in [-0.05, 0) is 53.6 Å². The highest BCUT2D eigenvalue weighted by Gasteiger charge is 2.16. The Kier molecular flexibility index (Phi) is 5.14. The molecule has 0 unspecified atom stereocenters. The second-order valence-corrected chi connectivity index (χ2v) is 10.1. The summed E-state index contributed by atoms with van der Waals surface area (Å²) in [5.41, 5.74) is 11.2. The Balaban J connectivity index is 1.23. The Morgan fingerprint density at radius 3 is 1.82 bits per heavy atom. The molecule has 3 heterocycles. The minimum atomic E-state index is 0.942. The van der Waals surface area contributed by atoms with E-state index in [4.69, 9.17) is 4.98 Å². The van der Waals surface area contributed by atoms with E-state index in [1.165, 1.54) is 32.9 Å². The maximum atomic E-state index is 5.06. The zero-order chi connectivity index (χ0) is 26.5. The zero-order valence-electron chi connectivity index (χ0n) is 21.8. The van der Waals surface area contributed by atoms with E-state index in [0.29, 0.717) is 0 Å². The van der Waals surface area contributed by atoms with Crippen LogP contribution in [0.4, 0.5) is 0 Å². The lowest BCUT2D eigenvalue weighted by Crippen LogP contribution is -1.93. The molecule has 8 rings (SSSR count). The second-order valence-electron chi connectivity index (χ2n) is 10.1. The third kappa shape index (κ3) is 3.56. The van der Waals surface area contributed by atoms with Crippen LogP contribution in [0.1, 0.15) is 0 Å². The normalized spacial score (nSPS) is 11.5. The van der Waals surface area contributed by atoms with Crippen LogP contribution >= 0.6 is 0 Å². The predicted octanol–water partition coefficient (Wildman–Crippen LogP) is 9.43. The lowest BCUT2D eigenvalue weighted by Gasteiger charge is -2.10. The van der Waals surface area contributed by atoms with E-state index in [0.717, 1.165) is 33.8 Å². The van der Waals surface area contributed by atoms with Gasteiger partial charge in [0.25, 0.3) is 0 Å². The van der Waals surface area contributed by atoms with Crippen molar-refractivity contribution >= 4 is 27.5 Å². The van der Waals surface area contributed by atoms with Crippen molar-refractivity contribution in [2.75, 3.05) is 0 Å². The highest BCUT2D eigenvalue weighted by Crippen LogP contribution is 2.36. The molecule has 0 aliphatic rings. The highest BCUT2D eigenvalue weighted by molar-refractivity contribution is 6.09. The zero-order valence-corrected chi connectivity index (χ0v) is 21.8. The van der Waals surface area contributed by atoms with Gasteiger partial charge in [0.1, 0.15) is 5.65 Å². The summed E-state index contributed by atoms with van der Waals surface area (Å²) in [7, 11) is 0. The molecule has 3 aromatic heterocycles. The minimum absolute atomic E-state index is 0.942. The number of nitrogens with zero attached hydrogens (tertiary/aromatic N) is 3. The van der Waals surface area contributed by atoms with Gasteiger partial charge in [-0.25, -0.2) is 4.98 Å². The van der Waals surface area contributed by atoms with Gasteiger partial charge in [0.15, 0.2) is 0 Å². The van der Waals surface area contributed by atoms with E-state index in [1.807, 2.05) is 6.07 Å². The van der Waals surface area contributed by atoms with Crippen molar-refractivity contribution in [1.29, 1.82) is 0 Å². The fraction of sp³-hybridized carbons (Fsp3) is 0. The molecule has 0 fully saturated rings. The van der Waals surface area contributed by atoms with E-state index >= 15 is 0 Å². The molecule has 0 bridgehead atoms. The molecule has 5 aromatic carbocycles. The Labute approximate surface area is 232 Å². The van der Waals surface area contributed by atoms with Crippen LogP contribution in [-0.2, 0) is 0 Å². The lowest BCUT2D eigenvalue weighted by molar-refractivity contribution is 1.18. The van der Waals surface area contributed by atoms with Gasteiger partial charge in [0.2, 0.25) is 0 Å². The van der Waals surface area contributed by atoms with Crippen LogP contribution in [0.2, 0.25) is 0 Å². The predicted molar refractivity (Wildman–Crippen MR) is 166 cm³/mol. The minimum Gasteiger partial charge on any atom is -0.309 e. The van der Waals surface area contributed by atoms with Crippen molar-refractivity contribution in [3.8, 4) is 39.3 Å². The van der Waals surface area contributed by atoms with Crippen molar-refractivity contribution in [2.45, 2.75) is 0 Å². The molecule has 3 nitrogen and oxygen atoms in total. The molecular weight excluding hydrogens is 486 g/mol. The van der Waals surface area contributed by atoms with Gasteiger partial charge in [-0.3, -0.25) is 4.40 Å². The summed E-state index contributed by atoms with van der Waals surface area (Å²) in [4.78, 5) is 5.06. The van der Waals surface area contributed by atoms with Crippen LogP contribution in [-0.4, -0.2) is 14.0 Å². The molecule has 0 saturated heterocycles. The van der Waals surface area contributed by atoms with Crippen molar-refractivity contribution < 1.29 is 0 Å². The summed E-state index contributed by atoms with van der Waals surface area (Å²) < 4.78 is 4.53. The molecular formula is C37H25N3. The fourth-order valence-electron chi connectivity index (χ4n) is 5.92. The number of imidazole rings is 1. The van der Waals surface area contributed by atoms with Gasteiger partial charge in [0.05, 0.1) is 22.4 Å². The molecule has 0 spiro atoms. The number of fused-ring (bicyclic) bond motifs is 4. The third-order valence-corrected chi connectivity index (χ3v) is 7.75. The average molecular weight is 512 g/mol. The van der Waals surface area contributed by atoms with E-state index < -0.39 is 0 Å². The van der Waals surface area contributed by atoms with Crippen LogP contribution < -0.4 is 0 Å². The maximum Gasteiger partial charge on any atom is 0.137 e. The van der Waals surface area contributed by atoms with Crippen molar-refractivity contribution in [3.63, 3.8) is 0 Å². The van der Waals surface area contributed by atoms with Crippen LogP contribution in [0.5, 0.6) is 0 Å². The van der Waals surface area contributed by atoms with Crippen LogP contribution in [0.15, 0.2) is 152 Å². The smallest absolute Gasteiger partial charge is 0.137 e. The summed E-state index contributed by atoms with van der Waals surface area (Å²) in [5, 5.41) is 2.55. The summed E-state index contributed by atoms with van der Waals surface area (Å²) in [6.07, 6.45) is 2.09. The summed E-state index contributed by atoms with van der Waals surface area (Å²) in [5.74, 6) is 0. The topological polar surface area (TPSA) is 22.2 Å². The molecule has 188 valence electrons. The number of hydrogen-bond acceptors (Lipinski definition) is 1. The third-order valence-electron chi connectivity index (χ3n) is 7.75. The molecule has 0 atom stereocenters. The van der Waals surface area contributed by atoms with E-state index in [1.54, 1.807) is 0 Å². The molecule has 8 aromatic rings. The van der Waals surface area contributed by atoms with Crippen molar-refractivity contribution in [2.24, 2.45) is 0 Å². The average Bonchev–Trinajstić information content (AvgIpc) is 3.58. The van der Waals surface area contributed by atoms with Crippen LogP contribution in [0, 0.1) is 0 Å². The van der Waals surface area contributed by atoms with Crippen molar-refractivity contribution in [3.05, 3.63) is 152 Å². The number of benzene rings is 5. The van der Waals surface area contributed by atoms with Gasteiger partial charge < -0.3 is 4.57 Å². The monoisotopic (exact) mass is 511 g/mol.